The average molecular weight is 311 g/mol. The Bertz CT molecular complexity index is 535. The number of nitrogens with zero attached hydrogens (tertiary/aromatic N) is 3. The first-order valence-corrected chi connectivity index (χ1v) is 7.38. The van der Waals surface area contributed by atoms with E-state index in [2.05, 4.69) is 21.8 Å². The largest absolute Gasteiger partial charge is 0.326 e. The van der Waals surface area contributed by atoms with Crippen molar-refractivity contribution in [1.29, 1.82) is 0 Å². The van der Waals surface area contributed by atoms with E-state index in [0.717, 1.165) is 30.3 Å². The summed E-state index contributed by atoms with van der Waals surface area (Å²) in [6, 6.07) is 6.22. The van der Waals surface area contributed by atoms with Crippen LogP contribution >= 0.6 is 23.7 Å². The van der Waals surface area contributed by atoms with Crippen LogP contribution in [0.5, 0.6) is 0 Å². The summed E-state index contributed by atoms with van der Waals surface area (Å²) in [6.07, 6.45) is 3.76. The summed E-state index contributed by atoms with van der Waals surface area (Å²) in [5, 5.41) is 0.993. The van der Waals surface area contributed by atoms with Gasteiger partial charge in [-0.1, -0.05) is 13.0 Å². The second-order valence-corrected chi connectivity index (χ2v) is 6.30. The highest BCUT2D eigenvalue weighted by Crippen LogP contribution is 2.25. The average Bonchev–Trinajstić information content (AvgIpc) is 2.99. The van der Waals surface area contributed by atoms with Gasteiger partial charge in [0.2, 0.25) is 0 Å². The van der Waals surface area contributed by atoms with E-state index in [-0.39, 0.29) is 12.4 Å². The monoisotopic (exact) mass is 310 g/mol. The van der Waals surface area contributed by atoms with Crippen molar-refractivity contribution >= 4 is 23.7 Å². The number of rotatable bonds is 3. The minimum Gasteiger partial charge on any atom is -0.326 e. The Morgan fingerprint density at radius 2 is 2.20 bits per heavy atom. The lowest BCUT2D eigenvalue weighted by molar-refractivity contribution is 0.321. The summed E-state index contributed by atoms with van der Waals surface area (Å²) in [4.78, 5) is 12.5. The van der Waals surface area contributed by atoms with Gasteiger partial charge in [0, 0.05) is 42.9 Å². The summed E-state index contributed by atoms with van der Waals surface area (Å²) in [5.41, 5.74) is 7.00. The maximum atomic E-state index is 6.05. The topological polar surface area (TPSA) is 55.0 Å². The van der Waals surface area contributed by atoms with Crippen molar-refractivity contribution < 1.29 is 0 Å². The molecule has 20 heavy (non-hydrogen) atoms. The Morgan fingerprint density at radius 1 is 1.35 bits per heavy atom. The van der Waals surface area contributed by atoms with E-state index in [4.69, 9.17) is 5.73 Å². The van der Waals surface area contributed by atoms with Crippen molar-refractivity contribution in [3.05, 3.63) is 35.5 Å². The van der Waals surface area contributed by atoms with Crippen molar-refractivity contribution in [2.45, 2.75) is 19.5 Å². The quantitative estimate of drug-likeness (QED) is 0.946. The maximum absolute atomic E-state index is 6.05. The second kappa shape index (κ2) is 6.63. The number of thiazole rings is 1. The number of hydrogen-bond acceptors (Lipinski definition) is 5. The van der Waals surface area contributed by atoms with Gasteiger partial charge < -0.3 is 5.73 Å². The van der Waals surface area contributed by atoms with Gasteiger partial charge in [-0.25, -0.2) is 4.98 Å². The molecule has 0 amide bonds. The van der Waals surface area contributed by atoms with Crippen LogP contribution in [0.3, 0.4) is 0 Å². The van der Waals surface area contributed by atoms with Crippen LogP contribution in [0.4, 0.5) is 0 Å². The predicted octanol–water partition coefficient (Wildman–Crippen LogP) is 2.41. The Morgan fingerprint density at radius 3 is 2.85 bits per heavy atom. The van der Waals surface area contributed by atoms with E-state index >= 15 is 0 Å². The first kappa shape index (κ1) is 15.4. The second-order valence-electron chi connectivity index (χ2n) is 5.18. The molecule has 0 saturated carbocycles. The normalized spacial score (nSPS) is 22.7. The van der Waals surface area contributed by atoms with E-state index < -0.39 is 0 Å². The molecule has 0 spiro atoms. The fourth-order valence-corrected chi connectivity index (χ4v) is 3.36. The van der Waals surface area contributed by atoms with Crippen molar-refractivity contribution in [3.8, 4) is 10.7 Å². The molecular weight excluding hydrogens is 292 g/mol. The van der Waals surface area contributed by atoms with Gasteiger partial charge in [0.05, 0.1) is 5.69 Å². The third-order valence-corrected chi connectivity index (χ3v) is 4.57. The first-order valence-electron chi connectivity index (χ1n) is 6.56. The van der Waals surface area contributed by atoms with Gasteiger partial charge in [-0.3, -0.25) is 9.88 Å². The molecule has 3 heterocycles. The van der Waals surface area contributed by atoms with Gasteiger partial charge >= 0.3 is 0 Å². The van der Waals surface area contributed by atoms with Crippen molar-refractivity contribution in [2.75, 3.05) is 13.1 Å². The molecule has 2 N–H and O–H groups in total. The van der Waals surface area contributed by atoms with E-state index in [1.54, 1.807) is 17.5 Å². The molecule has 1 fully saturated rings. The Labute approximate surface area is 129 Å². The van der Waals surface area contributed by atoms with E-state index in [1.165, 1.54) is 4.88 Å². The molecule has 2 atom stereocenters. The number of nitrogens with two attached hydrogens (primary N) is 1. The summed E-state index contributed by atoms with van der Waals surface area (Å²) < 4.78 is 0. The molecular formula is C14H19ClN4S. The highest BCUT2D eigenvalue weighted by atomic mass is 35.5. The highest BCUT2D eigenvalue weighted by Gasteiger charge is 2.26. The number of likely N-dealkylation sites (tertiary alicyclic amines) is 1. The third-order valence-electron chi connectivity index (χ3n) is 3.56. The third kappa shape index (κ3) is 3.35. The van der Waals surface area contributed by atoms with Crippen LogP contribution in [0, 0.1) is 5.92 Å². The summed E-state index contributed by atoms with van der Waals surface area (Å²) in [5.74, 6) is 0.586. The van der Waals surface area contributed by atoms with Gasteiger partial charge in [0.25, 0.3) is 0 Å². The molecule has 6 heteroatoms. The highest BCUT2D eigenvalue weighted by molar-refractivity contribution is 7.14. The van der Waals surface area contributed by atoms with Gasteiger partial charge in [-0.05, 0) is 18.1 Å². The molecule has 1 saturated heterocycles. The van der Waals surface area contributed by atoms with Gasteiger partial charge in [0.1, 0.15) is 5.01 Å². The zero-order chi connectivity index (χ0) is 13.2. The van der Waals surface area contributed by atoms with Crippen molar-refractivity contribution in [1.82, 2.24) is 14.9 Å². The lowest BCUT2D eigenvalue weighted by Crippen LogP contribution is -2.28. The van der Waals surface area contributed by atoms with Crippen LogP contribution in [0.25, 0.3) is 10.7 Å². The molecule has 3 rings (SSSR count). The molecule has 2 unspecified atom stereocenters. The number of hydrogen-bond donors (Lipinski definition) is 1. The Kier molecular flexibility index (Phi) is 5.10. The van der Waals surface area contributed by atoms with Crippen LogP contribution in [0.2, 0.25) is 0 Å². The van der Waals surface area contributed by atoms with Crippen LogP contribution < -0.4 is 5.73 Å². The van der Waals surface area contributed by atoms with Gasteiger partial charge in [-0.2, -0.15) is 0 Å². The van der Waals surface area contributed by atoms with E-state index in [9.17, 15) is 0 Å². The molecule has 0 bridgehead atoms. The van der Waals surface area contributed by atoms with Crippen LogP contribution in [0.15, 0.2) is 30.6 Å². The molecule has 108 valence electrons. The zero-order valence-electron chi connectivity index (χ0n) is 11.4. The fraction of sp³-hybridized carbons (Fsp3) is 0.429. The number of aromatic nitrogens is 2. The Hall–Kier alpha value is -1.01. The zero-order valence-corrected chi connectivity index (χ0v) is 13.0. The van der Waals surface area contributed by atoms with Crippen LogP contribution in [-0.2, 0) is 6.54 Å². The van der Waals surface area contributed by atoms with Gasteiger partial charge in [-0.15, -0.1) is 23.7 Å². The fourth-order valence-electron chi connectivity index (χ4n) is 2.43. The number of pyridine rings is 1. The first-order chi connectivity index (χ1) is 9.22. The molecule has 2 aromatic heterocycles. The van der Waals surface area contributed by atoms with E-state index in [0.29, 0.717) is 12.0 Å². The lowest BCUT2D eigenvalue weighted by atomic mass is 10.1. The molecule has 2 aromatic rings. The molecule has 4 nitrogen and oxygen atoms in total. The molecule has 0 aromatic carbocycles. The van der Waals surface area contributed by atoms with Gasteiger partial charge in [0.15, 0.2) is 0 Å². The van der Waals surface area contributed by atoms with Crippen LogP contribution in [-0.4, -0.2) is 34.0 Å². The van der Waals surface area contributed by atoms with Crippen molar-refractivity contribution in [2.24, 2.45) is 11.7 Å². The predicted molar refractivity (Wildman–Crippen MR) is 85.0 cm³/mol. The standard InChI is InChI=1S/C14H18N4S.ClH/c1-10-7-18(9-12(10)15)8-11-6-17-14(19-11)13-4-2-3-5-16-13;/h2-6,10,12H,7-9,15H2,1H3;1H. The van der Waals surface area contributed by atoms with Crippen LogP contribution in [0.1, 0.15) is 11.8 Å². The maximum Gasteiger partial charge on any atom is 0.142 e. The minimum absolute atomic E-state index is 0. The molecule has 0 radical (unpaired) electrons. The SMILES string of the molecule is CC1CN(Cc2cnc(-c3ccccn3)s2)CC1N.Cl. The lowest BCUT2D eigenvalue weighted by Gasteiger charge is -2.12. The summed E-state index contributed by atoms with van der Waals surface area (Å²) in [7, 11) is 0. The smallest absolute Gasteiger partial charge is 0.142 e. The molecule has 1 aliphatic rings. The minimum atomic E-state index is 0. The van der Waals surface area contributed by atoms with Crippen molar-refractivity contribution in [3.63, 3.8) is 0 Å². The number of halogens is 1. The Balaban J connectivity index is 0.00000147. The molecule has 1 aliphatic heterocycles. The summed E-state index contributed by atoms with van der Waals surface area (Å²) >= 11 is 1.72. The summed E-state index contributed by atoms with van der Waals surface area (Å²) in [6.45, 7) is 5.23. The molecule has 0 aliphatic carbocycles. The van der Waals surface area contributed by atoms with E-state index in [1.807, 2.05) is 24.4 Å².